The zero-order chi connectivity index (χ0) is 13.2. The number of anilines is 1. The standard InChI is InChI=1S/C14H23N5/c15-14(16)19-13-11(8-4-5-9-17-13)12(18-19)10-6-2-1-3-7-10/h10,17H,1-9H2,(H3,15,16). The van der Waals surface area contributed by atoms with E-state index in [2.05, 4.69) is 10.4 Å². The molecule has 0 bridgehead atoms. The minimum atomic E-state index is 0.0210. The number of nitrogens with zero attached hydrogens (tertiary/aromatic N) is 2. The lowest BCUT2D eigenvalue weighted by Crippen LogP contribution is -2.24. The number of nitrogens with one attached hydrogen (secondary N) is 2. The van der Waals surface area contributed by atoms with Crippen LogP contribution in [0.25, 0.3) is 0 Å². The number of rotatable bonds is 1. The Morgan fingerprint density at radius 3 is 2.74 bits per heavy atom. The minimum Gasteiger partial charge on any atom is -0.370 e. The second kappa shape index (κ2) is 5.23. The van der Waals surface area contributed by atoms with Crippen LogP contribution in [0, 0.1) is 5.41 Å². The fraction of sp³-hybridized carbons (Fsp3) is 0.714. The fourth-order valence-electron chi connectivity index (χ4n) is 3.41. The van der Waals surface area contributed by atoms with Gasteiger partial charge in [-0.25, -0.2) is 0 Å². The molecule has 0 spiro atoms. The summed E-state index contributed by atoms with van der Waals surface area (Å²) in [6.07, 6.45) is 9.88. The lowest BCUT2D eigenvalue weighted by atomic mass is 9.85. The molecule has 1 aromatic rings. The zero-order valence-corrected chi connectivity index (χ0v) is 11.4. The van der Waals surface area contributed by atoms with Gasteiger partial charge < -0.3 is 11.1 Å². The molecule has 0 saturated heterocycles. The predicted octanol–water partition coefficient (Wildman–Crippen LogP) is 2.42. The van der Waals surface area contributed by atoms with Gasteiger partial charge >= 0.3 is 0 Å². The fourth-order valence-corrected chi connectivity index (χ4v) is 3.41. The topological polar surface area (TPSA) is 79.7 Å². The van der Waals surface area contributed by atoms with Crippen LogP contribution in [0.4, 0.5) is 5.82 Å². The molecule has 4 N–H and O–H groups in total. The maximum atomic E-state index is 7.71. The predicted molar refractivity (Wildman–Crippen MR) is 76.8 cm³/mol. The van der Waals surface area contributed by atoms with Crippen molar-refractivity contribution in [3.05, 3.63) is 11.3 Å². The Balaban J connectivity index is 2.00. The molecule has 0 aromatic carbocycles. The van der Waals surface area contributed by atoms with Crippen molar-refractivity contribution in [2.24, 2.45) is 5.73 Å². The number of nitrogens with two attached hydrogens (primary N) is 1. The highest BCUT2D eigenvalue weighted by atomic mass is 15.4. The molecule has 0 atom stereocenters. The van der Waals surface area contributed by atoms with Gasteiger partial charge in [-0.1, -0.05) is 19.3 Å². The van der Waals surface area contributed by atoms with Gasteiger partial charge in [0.25, 0.3) is 0 Å². The first-order valence-corrected chi connectivity index (χ1v) is 7.47. The van der Waals surface area contributed by atoms with Crippen molar-refractivity contribution in [1.29, 1.82) is 5.41 Å². The molecule has 2 aliphatic rings. The van der Waals surface area contributed by atoms with E-state index in [1.54, 1.807) is 4.68 Å². The first kappa shape index (κ1) is 12.5. The number of fused-ring (bicyclic) bond motifs is 1. The summed E-state index contributed by atoms with van der Waals surface area (Å²) in [4.78, 5) is 0. The highest BCUT2D eigenvalue weighted by molar-refractivity contribution is 5.81. The second-order valence-corrected chi connectivity index (χ2v) is 5.73. The summed E-state index contributed by atoms with van der Waals surface area (Å²) in [6.45, 7) is 0.954. The van der Waals surface area contributed by atoms with E-state index in [9.17, 15) is 0 Å². The molecule has 104 valence electrons. The van der Waals surface area contributed by atoms with Crippen LogP contribution >= 0.6 is 0 Å². The van der Waals surface area contributed by atoms with Gasteiger partial charge in [0.1, 0.15) is 5.82 Å². The SMILES string of the molecule is N=C(N)n1nc(C2CCCCC2)c2c1NCCCC2. The van der Waals surface area contributed by atoms with E-state index < -0.39 is 0 Å². The van der Waals surface area contributed by atoms with Gasteiger partial charge in [-0.05, 0) is 32.1 Å². The highest BCUT2D eigenvalue weighted by Crippen LogP contribution is 2.37. The number of aromatic nitrogens is 2. The van der Waals surface area contributed by atoms with Crippen molar-refractivity contribution >= 4 is 11.8 Å². The summed E-state index contributed by atoms with van der Waals surface area (Å²) in [5.74, 6) is 1.57. The van der Waals surface area contributed by atoms with E-state index in [1.807, 2.05) is 0 Å². The molecule has 1 aliphatic carbocycles. The van der Waals surface area contributed by atoms with Gasteiger partial charge in [0.15, 0.2) is 0 Å². The lowest BCUT2D eigenvalue weighted by molar-refractivity contribution is 0.433. The van der Waals surface area contributed by atoms with Crippen LogP contribution in [0.15, 0.2) is 0 Å². The number of hydrogen-bond donors (Lipinski definition) is 3. The molecule has 1 aliphatic heterocycles. The normalized spacial score (nSPS) is 20.4. The van der Waals surface area contributed by atoms with Crippen LogP contribution in [0.1, 0.15) is 62.1 Å². The van der Waals surface area contributed by atoms with Crippen molar-refractivity contribution in [2.75, 3.05) is 11.9 Å². The molecule has 0 radical (unpaired) electrons. The molecule has 2 heterocycles. The number of hydrogen-bond acceptors (Lipinski definition) is 3. The van der Waals surface area contributed by atoms with Crippen LogP contribution in [0.3, 0.4) is 0 Å². The third-order valence-electron chi connectivity index (χ3n) is 4.38. The van der Waals surface area contributed by atoms with Crippen molar-refractivity contribution in [3.63, 3.8) is 0 Å². The third kappa shape index (κ3) is 2.33. The molecule has 0 amide bonds. The van der Waals surface area contributed by atoms with Gasteiger partial charge in [-0.15, -0.1) is 0 Å². The van der Waals surface area contributed by atoms with Crippen molar-refractivity contribution in [2.45, 2.75) is 57.3 Å². The van der Waals surface area contributed by atoms with Crippen LogP contribution in [0.2, 0.25) is 0 Å². The maximum Gasteiger partial charge on any atom is 0.215 e. The van der Waals surface area contributed by atoms with Gasteiger partial charge in [0.05, 0.1) is 5.69 Å². The Labute approximate surface area is 114 Å². The lowest BCUT2D eigenvalue weighted by Gasteiger charge is -2.20. The Kier molecular flexibility index (Phi) is 3.44. The Morgan fingerprint density at radius 2 is 2.00 bits per heavy atom. The Hall–Kier alpha value is -1.52. The third-order valence-corrected chi connectivity index (χ3v) is 4.38. The first-order valence-electron chi connectivity index (χ1n) is 7.47. The van der Waals surface area contributed by atoms with E-state index in [1.165, 1.54) is 56.2 Å². The van der Waals surface area contributed by atoms with E-state index in [4.69, 9.17) is 11.1 Å². The summed E-state index contributed by atoms with van der Waals surface area (Å²) in [5.41, 5.74) is 8.20. The largest absolute Gasteiger partial charge is 0.370 e. The Bertz CT molecular complexity index is 470. The molecule has 5 nitrogen and oxygen atoms in total. The van der Waals surface area contributed by atoms with E-state index in [-0.39, 0.29) is 5.96 Å². The van der Waals surface area contributed by atoms with Crippen LogP contribution < -0.4 is 11.1 Å². The molecule has 0 unspecified atom stereocenters. The first-order chi connectivity index (χ1) is 9.27. The minimum absolute atomic E-state index is 0.0210. The van der Waals surface area contributed by atoms with Gasteiger partial charge in [-0.2, -0.15) is 9.78 Å². The van der Waals surface area contributed by atoms with Crippen molar-refractivity contribution in [3.8, 4) is 0 Å². The van der Waals surface area contributed by atoms with Gasteiger partial charge in [-0.3, -0.25) is 5.41 Å². The van der Waals surface area contributed by atoms with E-state index in [0.29, 0.717) is 5.92 Å². The quantitative estimate of drug-likeness (QED) is 0.536. The van der Waals surface area contributed by atoms with E-state index in [0.717, 1.165) is 18.8 Å². The van der Waals surface area contributed by atoms with Gasteiger partial charge in [0.2, 0.25) is 5.96 Å². The summed E-state index contributed by atoms with van der Waals surface area (Å²) in [5, 5.41) is 15.8. The molecule has 1 aromatic heterocycles. The molecular formula is C14H23N5. The molecule has 3 rings (SSSR count). The summed E-state index contributed by atoms with van der Waals surface area (Å²) < 4.78 is 1.60. The highest BCUT2D eigenvalue weighted by Gasteiger charge is 2.27. The zero-order valence-electron chi connectivity index (χ0n) is 11.4. The monoisotopic (exact) mass is 261 g/mol. The van der Waals surface area contributed by atoms with Gasteiger partial charge in [0, 0.05) is 18.0 Å². The smallest absolute Gasteiger partial charge is 0.215 e. The molecule has 5 heteroatoms. The van der Waals surface area contributed by atoms with Crippen molar-refractivity contribution in [1.82, 2.24) is 9.78 Å². The van der Waals surface area contributed by atoms with Crippen LogP contribution in [0.5, 0.6) is 0 Å². The molecule has 19 heavy (non-hydrogen) atoms. The average molecular weight is 261 g/mol. The summed E-state index contributed by atoms with van der Waals surface area (Å²) in [6, 6.07) is 0. The number of nitrogen functional groups attached to an aromatic ring is 1. The average Bonchev–Trinajstić information content (AvgIpc) is 2.62. The summed E-state index contributed by atoms with van der Waals surface area (Å²) in [7, 11) is 0. The molecular weight excluding hydrogens is 238 g/mol. The van der Waals surface area contributed by atoms with Crippen LogP contribution in [-0.4, -0.2) is 22.3 Å². The maximum absolute atomic E-state index is 7.71. The second-order valence-electron chi connectivity index (χ2n) is 5.73. The Morgan fingerprint density at radius 1 is 1.21 bits per heavy atom. The van der Waals surface area contributed by atoms with E-state index >= 15 is 0 Å². The molecule has 1 saturated carbocycles. The van der Waals surface area contributed by atoms with Crippen LogP contribution in [-0.2, 0) is 6.42 Å². The van der Waals surface area contributed by atoms with Crippen molar-refractivity contribution < 1.29 is 0 Å². The molecule has 1 fully saturated rings. The summed E-state index contributed by atoms with van der Waals surface area (Å²) >= 11 is 0.